The molecule has 4 N–H and O–H groups in total. The predicted octanol–water partition coefficient (Wildman–Crippen LogP) is 1.83. The highest BCUT2D eigenvalue weighted by atomic mass is 19.4. The zero-order valence-corrected chi connectivity index (χ0v) is 17.0. The van der Waals surface area contributed by atoms with Crippen molar-refractivity contribution in [2.24, 2.45) is 0 Å². The summed E-state index contributed by atoms with van der Waals surface area (Å²) in [4.78, 5) is 52.0. The summed E-state index contributed by atoms with van der Waals surface area (Å²) >= 11 is 0. The Morgan fingerprint density at radius 1 is 1.09 bits per heavy atom. The minimum atomic E-state index is -4.57. The number of carboxylic acid groups (broad SMARTS) is 2. The Kier molecular flexibility index (Phi) is 6.56. The first kappa shape index (κ1) is 24.2. The van der Waals surface area contributed by atoms with Crippen LogP contribution in [0.3, 0.4) is 0 Å². The van der Waals surface area contributed by atoms with Gasteiger partial charge in [-0.2, -0.15) is 13.2 Å². The molecule has 13 heteroatoms. The number of benzene rings is 1. The molecule has 0 fully saturated rings. The molecule has 0 unspecified atom stereocenters. The third-order valence-electron chi connectivity index (χ3n) is 4.82. The molecule has 1 atom stereocenters. The van der Waals surface area contributed by atoms with E-state index in [1.165, 1.54) is 18.3 Å². The van der Waals surface area contributed by atoms with Crippen molar-refractivity contribution in [2.45, 2.75) is 25.2 Å². The Balaban J connectivity index is 2.09. The van der Waals surface area contributed by atoms with Crippen molar-refractivity contribution in [3.8, 4) is 5.75 Å². The molecule has 0 saturated carbocycles. The molecular weight excluding hydrogens is 463 g/mol. The number of amides is 1. The molecule has 2 aromatic heterocycles. The van der Waals surface area contributed by atoms with E-state index in [1.807, 2.05) is 5.32 Å². The Morgan fingerprint density at radius 2 is 1.74 bits per heavy atom. The van der Waals surface area contributed by atoms with E-state index in [-0.39, 0.29) is 23.1 Å². The van der Waals surface area contributed by atoms with E-state index in [2.05, 4.69) is 4.98 Å². The second-order valence-electron chi connectivity index (χ2n) is 7.15. The van der Waals surface area contributed by atoms with Gasteiger partial charge in [0.15, 0.2) is 0 Å². The van der Waals surface area contributed by atoms with Crippen molar-refractivity contribution in [3.63, 3.8) is 0 Å². The van der Waals surface area contributed by atoms with Crippen molar-refractivity contribution in [3.05, 3.63) is 69.6 Å². The molecule has 3 rings (SSSR count). The Hall–Kier alpha value is -4.42. The van der Waals surface area contributed by atoms with Crippen molar-refractivity contribution in [1.82, 2.24) is 14.9 Å². The maximum Gasteiger partial charge on any atom is 0.416 e. The molecule has 0 aliphatic rings. The number of aromatic hydroxyl groups is 1. The van der Waals surface area contributed by atoms with Crippen molar-refractivity contribution < 1.29 is 42.9 Å². The van der Waals surface area contributed by atoms with E-state index < -0.39 is 58.9 Å². The number of hydrogen-bond acceptors (Lipinski definition) is 6. The predicted molar refractivity (Wildman–Crippen MR) is 109 cm³/mol. The smallest absolute Gasteiger partial charge is 0.416 e. The number of fused-ring (bicyclic) bond motifs is 1. The zero-order chi connectivity index (χ0) is 25.2. The fraction of sp³-hybridized carbons (Fsp3) is 0.190. The van der Waals surface area contributed by atoms with Crippen LogP contribution in [0, 0.1) is 0 Å². The normalized spacial score (nSPS) is 12.3. The number of carboxylic acids is 2. The van der Waals surface area contributed by atoms with Gasteiger partial charge in [0.25, 0.3) is 11.5 Å². The van der Waals surface area contributed by atoms with Crippen LogP contribution in [0.5, 0.6) is 5.75 Å². The Bertz CT molecular complexity index is 1330. The Labute approximate surface area is 187 Å². The topological polar surface area (TPSA) is 159 Å². The lowest BCUT2D eigenvalue weighted by Gasteiger charge is -2.16. The van der Waals surface area contributed by atoms with Crippen LogP contribution in [0.2, 0.25) is 0 Å². The van der Waals surface area contributed by atoms with Gasteiger partial charge in [-0.15, -0.1) is 0 Å². The molecule has 1 amide bonds. The fourth-order valence-electron chi connectivity index (χ4n) is 3.20. The maximum atomic E-state index is 13.1. The SMILES string of the molecule is O=C(O)C[C@@H](NC(=O)c1c(O)c2cccnc2n(Cc2ccc(C(F)(F)F)cc2)c1=O)C(=O)O. The monoisotopic (exact) mass is 479 g/mol. The van der Waals surface area contributed by atoms with Crippen LogP contribution in [0.1, 0.15) is 27.9 Å². The number of nitrogens with one attached hydrogen (secondary N) is 1. The average Bonchev–Trinajstić information content (AvgIpc) is 2.75. The molecule has 3 aromatic rings. The summed E-state index contributed by atoms with van der Waals surface area (Å²) in [5, 5.41) is 30.3. The van der Waals surface area contributed by atoms with Crippen molar-refractivity contribution >= 4 is 28.9 Å². The minimum absolute atomic E-state index is 0.0655. The van der Waals surface area contributed by atoms with Gasteiger partial charge < -0.3 is 20.6 Å². The first-order chi connectivity index (χ1) is 15.9. The van der Waals surface area contributed by atoms with Crippen LogP contribution in [0.4, 0.5) is 13.2 Å². The van der Waals surface area contributed by atoms with Gasteiger partial charge in [0.1, 0.15) is 23.0 Å². The third-order valence-corrected chi connectivity index (χ3v) is 4.82. The molecule has 34 heavy (non-hydrogen) atoms. The summed E-state index contributed by atoms with van der Waals surface area (Å²) in [5.41, 5.74) is -2.73. The largest absolute Gasteiger partial charge is 0.506 e. The highest BCUT2D eigenvalue weighted by molar-refractivity contribution is 6.03. The van der Waals surface area contributed by atoms with Crippen LogP contribution in [0.15, 0.2) is 47.4 Å². The molecule has 0 aliphatic heterocycles. The number of nitrogens with zero attached hydrogens (tertiary/aromatic N) is 2. The lowest BCUT2D eigenvalue weighted by Crippen LogP contribution is -2.44. The van der Waals surface area contributed by atoms with E-state index in [4.69, 9.17) is 10.2 Å². The maximum absolute atomic E-state index is 13.1. The lowest BCUT2D eigenvalue weighted by molar-refractivity contribution is -0.145. The molecule has 0 radical (unpaired) electrons. The van der Waals surface area contributed by atoms with Crippen LogP contribution >= 0.6 is 0 Å². The highest BCUT2D eigenvalue weighted by Crippen LogP contribution is 2.30. The number of halogens is 3. The van der Waals surface area contributed by atoms with E-state index in [0.29, 0.717) is 0 Å². The van der Waals surface area contributed by atoms with Crippen LogP contribution in [-0.2, 0) is 22.3 Å². The van der Waals surface area contributed by atoms with Gasteiger partial charge in [-0.3, -0.25) is 19.0 Å². The second kappa shape index (κ2) is 9.21. The molecule has 2 heterocycles. The van der Waals surface area contributed by atoms with Crippen molar-refractivity contribution in [1.29, 1.82) is 0 Å². The summed E-state index contributed by atoms with van der Waals surface area (Å²) in [5.74, 6) is -5.36. The van der Waals surface area contributed by atoms with E-state index in [1.54, 1.807) is 0 Å². The third kappa shape index (κ3) is 4.98. The van der Waals surface area contributed by atoms with Gasteiger partial charge in [0.05, 0.1) is 23.9 Å². The van der Waals surface area contributed by atoms with Crippen LogP contribution < -0.4 is 10.9 Å². The number of pyridine rings is 2. The molecule has 178 valence electrons. The quantitative estimate of drug-likeness (QED) is 0.399. The summed E-state index contributed by atoms with van der Waals surface area (Å²) < 4.78 is 39.4. The van der Waals surface area contributed by atoms with Crippen LogP contribution in [0.25, 0.3) is 11.0 Å². The summed E-state index contributed by atoms with van der Waals surface area (Å²) in [6.45, 7) is -0.331. The molecular formula is C21H16F3N3O7. The molecule has 0 spiro atoms. The summed E-state index contributed by atoms with van der Waals surface area (Å²) in [6, 6.07) is 4.70. The van der Waals surface area contributed by atoms with Gasteiger partial charge in [-0.05, 0) is 29.8 Å². The molecule has 10 nitrogen and oxygen atoms in total. The van der Waals surface area contributed by atoms with E-state index >= 15 is 0 Å². The minimum Gasteiger partial charge on any atom is -0.506 e. The number of rotatable bonds is 7. The van der Waals surface area contributed by atoms with Crippen molar-refractivity contribution in [2.75, 3.05) is 0 Å². The van der Waals surface area contributed by atoms with Gasteiger partial charge in [-0.1, -0.05) is 12.1 Å². The van der Waals surface area contributed by atoms with Crippen LogP contribution in [-0.4, -0.2) is 48.8 Å². The first-order valence-electron chi connectivity index (χ1n) is 9.52. The Morgan fingerprint density at radius 3 is 2.29 bits per heavy atom. The first-order valence-corrected chi connectivity index (χ1v) is 9.52. The van der Waals surface area contributed by atoms with Gasteiger partial charge in [-0.25, -0.2) is 9.78 Å². The standard InChI is InChI=1S/C21H16F3N3O7/c22-21(23,24)11-5-3-10(4-6-11)9-27-17-12(2-1-7-25-17)16(30)15(19(27)32)18(31)26-13(20(33)34)8-14(28)29/h1-7,13,30H,8-9H2,(H,26,31)(H,28,29)(H,33,34)/t13-/m1/s1. The van der Waals surface area contributed by atoms with E-state index in [9.17, 15) is 37.5 Å². The highest BCUT2D eigenvalue weighted by Gasteiger charge is 2.31. The zero-order valence-electron chi connectivity index (χ0n) is 17.0. The number of aromatic nitrogens is 2. The molecule has 0 bridgehead atoms. The number of carbonyl (C=O) groups excluding carboxylic acids is 1. The number of alkyl halides is 3. The summed E-state index contributed by atoms with van der Waals surface area (Å²) in [6.07, 6.45) is -4.27. The number of aliphatic carboxylic acids is 2. The fourth-order valence-corrected chi connectivity index (χ4v) is 3.20. The second-order valence-corrected chi connectivity index (χ2v) is 7.15. The van der Waals surface area contributed by atoms with Gasteiger partial charge in [0.2, 0.25) is 0 Å². The lowest BCUT2D eigenvalue weighted by atomic mass is 10.1. The van der Waals surface area contributed by atoms with Gasteiger partial charge >= 0.3 is 18.1 Å². The number of hydrogen-bond donors (Lipinski definition) is 4. The molecule has 1 aromatic carbocycles. The van der Waals surface area contributed by atoms with E-state index in [0.717, 1.165) is 28.8 Å². The van der Waals surface area contributed by atoms with Gasteiger partial charge in [0, 0.05) is 6.20 Å². The molecule has 0 aliphatic carbocycles. The average molecular weight is 479 g/mol. The molecule has 0 saturated heterocycles. The summed E-state index contributed by atoms with van der Waals surface area (Å²) in [7, 11) is 0. The number of carbonyl (C=O) groups is 3.